The number of ether oxygens (including phenoxy) is 1. The standard InChI is InChI=1S/C11H22ClNO/c1-2-3-7-14-8-6-13-10-11(9-12)4-5-11/h13H,2-10H2,1H3. The van der Waals surface area contributed by atoms with Crippen molar-refractivity contribution in [3.63, 3.8) is 0 Å². The molecule has 0 heterocycles. The first kappa shape index (κ1) is 12.3. The molecule has 0 aliphatic heterocycles. The van der Waals surface area contributed by atoms with Gasteiger partial charge >= 0.3 is 0 Å². The van der Waals surface area contributed by atoms with Crippen LogP contribution in [0.2, 0.25) is 0 Å². The smallest absolute Gasteiger partial charge is 0.0590 e. The molecule has 14 heavy (non-hydrogen) atoms. The summed E-state index contributed by atoms with van der Waals surface area (Å²) in [5.74, 6) is 0.802. The summed E-state index contributed by atoms with van der Waals surface area (Å²) in [6.07, 6.45) is 4.97. The van der Waals surface area contributed by atoms with E-state index in [9.17, 15) is 0 Å². The normalized spacial score (nSPS) is 18.4. The largest absolute Gasteiger partial charge is 0.380 e. The number of halogens is 1. The molecule has 0 atom stereocenters. The third-order valence-corrected chi connectivity index (χ3v) is 3.37. The van der Waals surface area contributed by atoms with Gasteiger partial charge in [-0.05, 0) is 24.7 Å². The summed E-state index contributed by atoms with van der Waals surface area (Å²) in [6, 6.07) is 0. The van der Waals surface area contributed by atoms with Gasteiger partial charge in [0, 0.05) is 25.6 Å². The number of rotatable bonds is 9. The van der Waals surface area contributed by atoms with E-state index in [2.05, 4.69) is 12.2 Å². The molecule has 1 N–H and O–H groups in total. The van der Waals surface area contributed by atoms with Crippen molar-refractivity contribution in [2.24, 2.45) is 5.41 Å². The monoisotopic (exact) mass is 219 g/mol. The van der Waals surface area contributed by atoms with Crippen molar-refractivity contribution < 1.29 is 4.74 Å². The molecule has 1 rings (SSSR count). The minimum absolute atomic E-state index is 0.435. The van der Waals surface area contributed by atoms with Crippen molar-refractivity contribution in [1.29, 1.82) is 0 Å². The van der Waals surface area contributed by atoms with Gasteiger partial charge in [0.25, 0.3) is 0 Å². The van der Waals surface area contributed by atoms with Gasteiger partial charge in [-0.3, -0.25) is 0 Å². The lowest BCUT2D eigenvalue weighted by Crippen LogP contribution is -2.28. The van der Waals surface area contributed by atoms with E-state index >= 15 is 0 Å². The van der Waals surface area contributed by atoms with E-state index in [4.69, 9.17) is 16.3 Å². The molecule has 1 aliphatic carbocycles. The maximum Gasteiger partial charge on any atom is 0.0590 e. The Morgan fingerprint density at radius 2 is 2.14 bits per heavy atom. The third kappa shape index (κ3) is 4.63. The third-order valence-electron chi connectivity index (χ3n) is 2.81. The molecule has 0 aromatic rings. The highest BCUT2D eigenvalue weighted by molar-refractivity contribution is 6.18. The Morgan fingerprint density at radius 3 is 2.71 bits per heavy atom. The number of unbranched alkanes of at least 4 members (excludes halogenated alkanes) is 1. The fraction of sp³-hybridized carbons (Fsp3) is 1.00. The van der Waals surface area contributed by atoms with Crippen LogP contribution < -0.4 is 5.32 Å². The highest BCUT2D eigenvalue weighted by Gasteiger charge is 2.40. The molecule has 1 saturated carbocycles. The summed E-state index contributed by atoms with van der Waals surface area (Å²) < 4.78 is 5.45. The van der Waals surface area contributed by atoms with Gasteiger partial charge in [0.05, 0.1) is 6.61 Å². The highest BCUT2D eigenvalue weighted by atomic mass is 35.5. The Bertz CT molecular complexity index is 148. The van der Waals surface area contributed by atoms with Crippen molar-refractivity contribution in [2.75, 3.05) is 32.2 Å². The van der Waals surface area contributed by atoms with Crippen LogP contribution in [-0.2, 0) is 4.74 Å². The van der Waals surface area contributed by atoms with Gasteiger partial charge in [-0.2, -0.15) is 0 Å². The summed E-state index contributed by atoms with van der Waals surface area (Å²) in [6.45, 7) is 5.94. The molecule has 0 saturated heterocycles. The van der Waals surface area contributed by atoms with Crippen LogP contribution in [-0.4, -0.2) is 32.2 Å². The van der Waals surface area contributed by atoms with E-state index in [1.165, 1.54) is 25.7 Å². The van der Waals surface area contributed by atoms with Crippen LogP contribution in [0.1, 0.15) is 32.6 Å². The van der Waals surface area contributed by atoms with Crippen molar-refractivity contribution in [3.05, 3.63) is 0 Å². The molecule has 0 radical (unpaired) electrons. The molecule has 3 heteroatoms. The molecule has 0 aromatic carbocycles. The van der Waals surface area contributed by atoms with Crippen LogP contribution in [0.15, 0.2) is 0 Å². The molecule has 0 spiro atoms. The molecular weight excluding hydrogens is 198 g/mol. The second-order valence-electron chi connectivity index (χ2n) is 4.28. The van der Waals surface area contributed by atoms with E-state index in [-0.39, 0.29) is 0 Å². The summed E-state index contributed by atoms with van der Waals surface area (Å²) >= 11 is 5.87. The molecule has 0 bridgehead atoms. The zero-order valence-corrected chi connectivity index (χ0v) is 9.91. The molecule has 84 valence electrons. The van der Waals surface area contributed by atoms with Crippen molar-refractivity contribution in [3.8, 4) is 0 Å². The maximum absolute atomic E-state index is 5.87. The van der Waals surface area contributed by atoms with Gasteiger partial charge in [-0.25, -0.2) is 0 Å². The average molecular weight is 220 g/mol. The van der Waals surface area contributed by atoms with Crippen LogP contribution >= 0.6 is 11.6 Å². The Hall–Kier alpha value is 0.210. The maximum atomic E-state index is 5.87. The Labute approximate surface area is 92.3 Å². The topological polar surface area (TPSA) is 21.3 Å². The first-order valence-corrected chi connectivity index (χ1v) is 6.21. The molecule has 1 aliphatic rings. The highest BCUT2D eigenvalue weighted by Crippen LogP contribution is 2.45. The summed E-state index contributed by atoms with van der Waals surface area (Å²) in [5, 5.41) is 3.41. The van der Waals surface area contributed by atoms with Crippen LogP contribution in [0.5, 0.6) is 0 Å². The number of alkyl halides is 1. The zero-order chi connectivity index (χ0) is 10.3. The number of nitrogens with one attached hydrogen (secondary N) is 1. The Morgan fingerprint density at radius 1 is 1.36 bits per heavy atom. The molecule has 0 aromatic heterocycles. The fourth-order valence-electron chi connectivity index (χ4n) is 1.38. The number of hydrogen-bond acceptors (Lipinski definition) is 2. The Balaban J connectivity index is 1.80. The van der Waals surface area contributed by atoms with Crippen LogP contribution in [0.4, 0.5) is 0 Å². The van der Waals surface area contributed by atoms with Gasteiger partial charge in [0.2, 0.25) is 0 Å². The second kappa shape index (κ2) is 6.65. The fourth-order valence-corrected chi connectivity index (χ4v) is 1.74. The molecule has 2 nitrogen and oxygen atoms in total. The van der Waals surface area contributed by atoms with Crippen LogP contribution in [0.25, 0.3) is 0 Å². The van der Waals surface area contributed by atoms with Gasteiger partial charge in [-0.1, -0.05) is 13.3 Å². The van der Waals surface area contributed by atoms with Gasteiger partial charge in [0.1, 0.15) is 0 Å². The Kier molecular flexibility index (Phi) is 5.83. The van der Waals surface area contributed by atoms with Crippen LogP contribution in [0.3, 0.4) is 0 Å². The lowest BCUT2D eigenvalue weighted by Gasteiger charge is -2.12. The molecular formula is C11H22ClNO. The van der Waals surface area contributed by atoms with Crippen molar-refractivity contribution >= 4 is 11.6 Å². The number of hydrogen-bond donors (Lipinski definition) is 1. The minimum atomic E-state index is 0.435. The second-order valence-corrected chi connectivity index (χ2v) is 4.54. The molecule has 0 unspecified atom stereocenters. The summed E-state index contributed by atoms with van der Waals surface area (Å²) in [5.41, 5.74) is 0.435. The molecule has 1 fully saturated rings. The van der Waals surface area contributed by atoms with Crippen molar-refractivity contribution in [1.82, 2.24) is 5.32 Å². The minimum Gasteiger partial charge on any atom is -0.380 e. The quantitative estimate of drug-likeness (QED) is 0.475. The average Bonchev–Trinajstić information content (AvgIpc) is 2.98. The van der Waals surface area contributed by atoms with Gasteiger partial charge < -0.3 is 10.1 Å². The lowest BCUT2D eigenvalue weighted by atomic mass is 10.1. The first-order chi connectivity index (χ1) is 6.83. The van der Waals surface area contributed by atoms with Crippen molar-refractivity contribution in [2.45, 2.75) is 32.6 Å². The van der Waals surface area contributed by atoms with E-state index < -0.39 is 0 Å². The predicted octanol–water partition coefficient (Wildman–Crippen LogP) is 2.41. The summed E-state index contributed by atoms with van der Waals surface area (Å²) in [7, 11) is 0. The van der Waals surface area contributed by atoms with Gasteiger partial charge in [-0.15, -0.1) is 11.6 Å². The predicted molar refractivity (Wildman–Crippen MR) is 61.0 cm³/mol. The van der Waals surface area contributed by atoms with E-state index in [1.807, 2.05) is 0 Å². The summed E-state index contributed by atoms with van der Waals surface area (Å²) in [4.78, 5) is 0. The van der Waals surface area contributed by atoms with Gasteiger partial charge in [0.15, 0.2) is 0 Å². The lowest BCUT2D eigenvalue weighted by molar-refractivity contribution is 0.132. The van der Waals surface area contributed by atoms with E-state index in [0.717, 1.165) is 32.2 Å². The van der Waals surface area contributed by atoms with E-state index in [1.54, 1.807) is 0 Å². The zero-order valence-electron chi connectivity index (χ0n) is 9.15. The van der Waals surface area contributed by atoms with Crippen LogP contribution in [0, 0.1) is 5.41 Å². The first-order valence-electron chi connectivity index (χ1n) is 5.67. The van der Waals surface area contributed by atoms with E-state index in [0.29, 0.717) is 5.41 Å². The molecule has 0 amide bonds. The SMILES string of the molecule is CCCCOCCNCC1(CCl)CC1.